The molecule has 3 rings (SSSR count). The van der Waals surface area contributed by atoms with Gasteiger partial charge in [0.25, 0.3) is 0 Å². The van der Waals surface area contributed by atoms with Gasteiger partial charge < -0.3 is 14.7 Å². The Hall–Kier alpha value is -1.14. The number of ether oxygens (including phenoxy) is 1. The molecule has 0 amide bonds. The molecule has 1 N–H and O–H groups in total. The molecule has 2 atom stereocenters. The summed E-state index contributed by atoms with van der Waals surface area (Å²) in [4.78, 5) is 19.2. The van der Waals surface area contributed by atoms with Crippen LogP contribution in [0.2, 0.25) is 0 Å². The van der Waals surface area contributed by atoms with Crippen LogP contribution in [0.1, 0.15) is 35.8 Å². The first-order valence-corrected chi connectivity index (χ1v) is 7.51. The number of hydrogen-bond donors (Lipinski definition) is 1. The van der Waals surface area contributed by atoms with Gasteiger partial charge in [-0.1, -0.05) is 0 Å². The minimum absolute atomic E-state index is 0.266. The summed E-state index contributed by atoms with van der Waals surface area (Å²) in [6.45, 7) is 1.85. The number of carboxylic acid groups (broad SMARTS) is 1. The van der Waals surface area contributed by atoms with Gasteiger partial charge >= 0.3 is 5.97 Å². The molecular formula is C13H18N2O3S. The Morgan fingerprint density at radius 3 is 3.11 bits per heavy atom. The van der Waals surface area contributed by atoms with Crippen molar-refractivity contribution in [3.05, 3.63) is 10.6 Å². The SMILES string of the molecule is COC1CCCN(c2nc3c(s2)CCC3C(=O)O)C1. The van der Waals surface area contributed by atoms with Crippen LogP contribution < -0.4 is 4.90 Å². The van der Waals surface area contributed by atoms with Gasteiger partial charge in [0, 0.05) is 25.1 Å². The minimum Gasteiger partial charge on any atom is -0.481 e. The number of carbonyl (C=O) groups is 1. The molecule has 0 spiro atoms. The number of anilines is 1. The number of piperidine rings is 1. The van der Waals surface area contributed by atoms with E-state index in [0.717, 1.165) is 48.1 Å². The number of carboxylic acids is 1. The maximum Gasteiger partial charge on any atom is 0.312 e. The number of nitrogens with zero attached hydrogens (tertiary/aromatic N) is 2. The van der Waals surface area contributed by atoms with Crippen LogP contribution in [0.5, 0.6) is 0 Å². The topological polar surface area (TPSA) is 62.7 Å². The van der Waals surface area contributed by atoms with E-state index in [1.165, 1.54) is 0 Å². The molecule has 0 bridgehead atoms. The molecule has 1 saturated heterocycles. The van der Waals surface area contributed by atoms with Gasteiger partial charge in [0.1, 0.15) is 5.92 Å². The molecular weight excluding hydrogens is 264 g/mol. The Labute approximate surface area is 116 Å². The predicted molar refractivity (Wildman–Crippen MR) is 73.1 cm³/mol. The van der Waals surface area contributed by atoms with Crippen LogP contribution in [-0.2, 0) is 16.0 Å². The third-order valence-electron chi connectivity index (χ3n) is 3.99. The maximum atomic E-state index is 11.2. The summed E-state index contributed by atoms with van der Waals surface area (Å²) in [5, 5.41) is 10.2. The first-order chi connectivity index (χ1) is 9.19. The van der Waals surface area contributed by atoms with E-state index in [0.29, 0.717) is 6.42 Å². The van der Waals surface area contributed by atoms with E-state index in [4.69, 9.17) is 4.74 Å². The molecule has 1 aliphatic heterocycles. The van der Waals surface area contributed by atoms with E-state index in [2.05, 4.69) is 9.88 Å². The van der Waals surface area contributed by atoms with E-state index in [1.54, 1.807) is 18.4 Å². The van der Waals surface area contributed by atoms with Gasteiger partial charge in [0.05, 0.1) is 11.8 Å². The largest absolute Gasteiger partial charge is 0.481 e. The smallest absolute Gasteiger partial charge is 0.312 e. The third-order valence-corrected chi connectivity index (χ3v) is 5.18. The number of methoxy groups -OCH3 is 1. The van der Waals surface area contributed by atoms with Gasteiger partial charge in [-0.05, 0) is 25.7 Å². The number of fused-ring (bicyclic) bond motifs is 1. The molecule has 0 saturated carbocycles. The Balaban J connectivity index is 1.80. The van der Waals surface area contributed by atoms with Crippen LogP contribution in [0.15, 0.2) is 0 Å². The minimum atomic E-state index is -0.746. The number of aryl methyl sites for hydroxylation is 1. The second kappa shape index (κ2) is 5.09. The molecule has 2 heterocycles. The van der Waals surface area contributed by atoms with Gasteiger partial charge in [0.15, 0.2) is 5.13 Å². The second-order valence-electron chi connectivity index (χ2n) is 5.18. The van der Waals surface area contributed by atoms with Crippen LogP contribution in [0.3, 0.4) is 0 Å². The molecule has 19 heavy (non-hydrogen) atoms. The first kappa shape index (κ1) is 12.9. The predicted octanol–water partition coefficient (Wildman–Crippen LogP) is 1.87. The lowest BCUT2D eigenvalue weighted by Gasteiger charge is -2.31. The van der Waals surface area contributed by atoms with Gasteiger partial charge in [-0.15, -0.1) is 11.3 Å². The zero-order valence-corrected chi connectivity index (χ0v) is 11.8. The summed E-state index contributed by atoms with van der Waals surface area (Å²) < 4.78 is 5.42. The lowest BCUT2D eigenvalue weighted by atomic mass is 10.1. The van der Waals surface area contributed by atoms with Crippen molar-refractivity contribution in [2.24, 2.45) is 0 Å². The van der Waals surface area contributed by atoms with Crippen molar-refractivity contribution in [2.75, 3.05) is 25.1 Å². The summed E-state index contributed by atoms with van der Waals surface area (Å²) in [5.41, 5.74) is 0.798. The van der Waals surface area contributed by atoms with E-state index in [1.807, 2.05) is 0 Å². The average Bonchev–Trinajstić information content (AvgIpc) is 2.98. The Bertz CT molecular complexity index is 488. The van der Waals surface area contributed by atoms with Crippen molar-refractivity contribution >= 4 is 22.4 Å². The monoisotopic (exact) mass is 282 g/mol. The molecule has 1 aromatic rings. The molecule has 1 fully saturated rings. The third kappa shape index (κ3) is 2.34. The van der Waals surface area contributed by atoms with Crippen LogP contribution in [-0.4, -0.2) is 42.4 Å². The van der Waals surface area contributed by atoms with Crippen molar-refractivity contribution in [1.29, 1.82) is 0 Å². The fourth-order valence-electron chi connectivity index (χ4n) is 2.89. The molecule has 1 aromatic heterocycles. The number of thiazole rings is 1. The number of rotatable bonds is 3. The number of hydrogen-bond acceptors (Lipinski definition) is 5. The standard InChI is InChI=1S/C13H18N2O3S/c1-18-8-3-2-6-15(7-8)13-14-11-9(12(16)17)4-5-10(11)19-13/h8-9H,2-7H2,1H3,(H,16,17). The van der Waals surface area contributed by atoms with Crippen molar-refractivity contribution in [2.45, 2.75) is 37.7 Å². The van der Waals surface area contributed by atoms with Gasteiger partial charge in [-0.3, -0.25) is 4.79 Å². The highest BCUT2D eigenvalue weighted by molar-refractivity contribution is 7.15. The average molecular weight is 282 g/mol. The maximum absolute atomic E-state index is 11.2. The number of aromatic nitrogens is 1. The fourth-order valence-corrected chi connectivity index (χ4v) is 4.07. The summed E-state index contributed by atoms with van der Waals surface area (Å²) in [7, 11) is 1.75. The molecule has 6 heteroatoms. The van der Waals surface area contributed by atoms with Crippen molar-refractivity contribution < 1.29 is 14.6 Å². The molecule has 5 nitrogen and oxygen atoms in total. The Kier molecular flexibility index (Phi) is 3.45. The van der Waals surface area contributed by atoms with Gasteiger partial charge in [-0.2, -0.15) is 0 Å². The molecule has 2 aliphatic rings. The summed E-state index contributed by atoms with van der Waals surface area (Å²) in [6, 6.07) is 0. The molecule has 0 aromatic carbocycles. The molecule has 2 unspecified atom stereocenters. The van der Waals surface area contributed by atoms with Crippen LogP contribution >= 0.6 is 11.3 Å². The Morgan fingerprint density at radius 1 is 1.53 bits per heavy atom. The normalized spacial score (nSPS) is 26.5. The highest BCUT2D eigenvalue weighted by atomic mass is 32.1. The first-order valence-electron chi connectivity index (χ1n) is 6.69. The number of aliphatic carboxylic acids is 1. The van der Waals surface area contributed by atoms with E-state index < -0.39 is 11.9 Å². The van der Waals surface area contributed by atoms with Crippen molar-refractivity contribution in [3.8, 4) is 0 Å². The highest BCUT2D eigenvalue weighted by Gasteiger charge is 2.33. The van der Waals surface area contributed by atoms with Crippen LogP contribution in [0, 0.1) is 0 Å². The van der Waals surface area contributed by atoms with Crippen LogP contribution in [0.25, 0.3) is 0 Å². The van der Waals surface area contributed by atoms with Gasteiger partial charge in [0.2, 0.25) is 0 Å². The lowest BCUT2D eigenvalue weighted by Crippen LogP contribution is -2.39. The summed E-state index contributed by atoms with van der Waals surface area (Å²) in [5.74, 6) is -1.15. The van der Waals surface area contributed by atoms with E-state index >= 15 is 0 Å². The second-order valence-corrected chi connectivity index (χ2v) is 6.24. The summed E-state index contributed by atoms with van der Waals surface area (Å²) in [6.07, 6.45) is 4.01. The quantitative estimate of drug-likeness (QED) is 0.917. The van der Waals surface area contributed by atoms with E-state index in [-0.39, 0.29) is 6.10 Å². The zero-order valence-electron chi connectivity index (χ0n) is 11.0. The van der Waals surface area contributed by atoms with Crippen molar-refractivity contribution in [3.63, 3.8) is 0 Å². The van der Waals surface area contributed by atoms with E-state index in [9.17, 15) is 9.90 Å². The fraction of sp³-hybridized carbons (Fsp3) is 0.692. The van der Waals surface area contributed by atoms with Crippen molar-refractivity contribution in [1.82, 2.24) is 4.98 Å². The molecule has 1 aliphatic carbocycles. The van der Waals surface area contributed by atoms with Crippen LogP contribution in [0.4, 0.5) is 5.13 Å². The highest BCUT2D eigenvalue weighted by Crippen LogP contribution is 2.40. The zero-order chi connectivity index (χ0) is 13.4. The summed E-state index contributed by atoms with van der Waals surface area (Å²) >= 11 is 1.66. The lowest BCUT2D eigenvalue weighted by molar-refractivity contribution is -0.138. The van der Waals surface area contributed by atoms with Gasteiger partial charge in [-0.25, -0.2) is 4.98 Å². The Morgan fingerprint density at radius 2 is 2.37 bits per heavy atom. The molecule has 104 valence electrons. The molecule has 0 radical (unpaired) electrons.